The highest BCUT2D eigenvalue weighted by Gasteiger charge is 2.34. The lowest BCUT2D eigenvalue weighted by Gasteiger charge is -2.08. The number of aryl methyl sites for hydroxylation is 2. The van der Waals surface area contributed by atoms with Gasteiger partial charge in [0.25, 0.3) is 0 Å². The van der Waals surface area contributed by atoms with Crippen molar-refractivity contribution in [2.75, 3.05) is 0 Å². The summed E-state index contributed by atoms with van der Waals surface area (Å²) in [6.45, 7) is 3.69. The fraction of sp³-hybridized carbons (Fsp3) is 0.217. The fourth-order valence-corrected chi connectivity index (χ4v) is 5.80. The Morgan fingerprint density at radius 3 is 2.61 bits per heavy atom. The van der Waals surface area contributed by atoms with Crippen LogP contribution < -0.4 is 0 Å². The Bertz CT molecular complexity index is 1360. The number of fused-ring (bicyclic) bond motifs is 1. The molecule has 33 heavy (non-hydrogen) atoms. The van der Waals surface area contributed by atoms with Gasteiger partial charge in [-0.15, -0.1) is 23.1 Å². The zero-order chi connectivity index (χ0) is 23.9. The van der Waals surface area contributed by atoms with E-state index in [1.54, 1.807) is 22.5 Å². The number of alkyl halides is 3. The molecule has 0 atom stereocenters. The summed E-state index contributed by atoms with van der Waals surface area (Å²) in [5.74, 6) is -1.63. The number of carbonyl (C=O) groups is 1. The fourth-order valence-electron chi connectivity index (χ4n) is 3.55. The van der Waals surface area contributed by atoms with Crippen LogP contribution in [-0.2, 0) is 23.3 Å². The van der Waals surface area contributed by atoms with Gasteiger partial charge in [0.15, 0.2) is 0 Å². The first kappa shape index (κ1) is 23.3. The van der Waals surface area contributed by atoms with Gasteiger partial charge in [0.2, 0.25) is 0 Å². The standard InChI is InChI=1S/C23H18F4N2O2S2/c1-12-15-7-8-29(10-21(30)31)18(15)5-6-19(12)32-11-20-13(2)28-22(33-20)14-3-4-16(17(24)9-14)23(25,26)27/h3-9H,10-11H2,1-2H3,(H,30,31). The van der Waals surface area contributed by atoms with Crippen LogP contribution in [0.3, 0.4) is 0 Å². The minimum atomic E-state index is -4.74. The Labute approximate surface area is 194 Å². The molecule has 4 aromatic rings. The number of aromatic nitrogens is 2. The number of hydrogen-bond acceptors (Lipinski definition) is 4. The number of aliphatic carboxylic acids is 1. The van der Waals surface area contributed by atoms with Crippen molar-refractivity contribution in [2.45, 2.75) is 37.2 Å². The van der Waals surface area contributed by atoms with Gasteiger partial charge < -0.3 is 9.67 Å². The molecule has 2 aromatic carbocycles. The predicted octanol–water partition coefficient (Wildman–Crippen LogP) is 6.92. The van der Waals surface area contributed by atoms with E-state index in [0.717, 1.165) is 44.1 Å². The van der Waals surface area contributed by atoms with Gasteiger partial charge in [0.1, 0.15) is 17.4 Å². The van der Waals surface area contributed by atoms with E-state index in [4.69, 9.17) is 5.11 Å². The van der Waals surface area contributed by atoms with Crippen LogP contribution in [0.15, 0.2) is 47.5 Å². The first-order valence-electron chi connectivity index (χ1n) is 9.81. The highest BCUT2D eigenvalue weighted by atomic mass is 32.2. The van der Waals surface area contributed by atoms with Crippen LogP contribution in [0.2, 0.25) is 0 Å². The smallest absolute Gasteiger partial charge is 0.419 e. The molecule has 1 N–H and O–H groups in total. The third-order valence-electron chi connectivity index (χ3n) is 5.25. The molecule has 0 radical (unpaired) electrons. The van der Waals surface area contributed by atoms with Crippen molar-refractivity contribution < 1.29 is 27.5 Å². The lowest BCUT2D eigenvalue weighted by Crippen LogP contribution is -2.07. The summed E-state index contributed by atoms with van der Waals surface area (Å²) in [5.41, 5.74) is 1.64. The Kier molecular flexibility index (Phi) is 6.24. The van der Waals surface area contributed by atoms with Crippen molar-refractivity contribution in [3.05, 3.63) is 70.1 Å². The van der Waals surface area contributed by atoms with Crippen LogP contribution in [0.25, 0.3) is 21.5 Å². The van der Waals surface area contributed by atoms with E-state index >= 15 is 0 Å². The molecule has 0 aliphatic rings. The van der Waals surface area contributed by atoms with E-state index in [1.807, 2.05) is 32.0 Å². The van der Waals surface area contributed by atoms with E-state index < -0.39 is 23.5 Å². The van der Waals surface area contributed by atoms with Gasteiger partial charge in [-0.3, -0.25) is 4.79 Å². The molecule has 2 heterocycles. The predicted molar refractivity (Wildman–Crippen MR) is 121 cm³/mol. The van der Waals surface area contributed by atoms with Crippen LogP contribution in [0.4, 0.5) is 17.6 Å². The average molecular weight is 495 g/mol. The number of rotatable bonds is 6. The van der Waals surface area contributed by atoms with Crippen LogP contribution in [0.5, 0.6) is 0 Å². The van der Waals surface area contributed by atoms with E-state index in [9.17, 15) is 22.4 Å². The Hall–Kier alpha value is -2.85. The number of carboxylic acids is 1. The monoisotopic (exact) mass is 494 g/mol. The molecular weight excluding hydrogens is 476 g/mol. The third-order valence-corrected chi connectivity index (χ3v) is 7.83. The van der Waals surface area contributed by atoms with Gasteiger partial charge in [-0.2, -0.15) is 13.2 Å². The zero-order valence-electron chi connectivity index (χ0n) is 17.5. The largest absolute Gasteiger partial charge is 0.480 e. The van der Waals surface area contributed by atoms with Gasteiger partial charge in [-0.05, 0) is 49.7 Å². The summed E-state index contributed by atoms with van der Waals surface area (Å²) < 4.78 is 54.1. The van der Waals surface area contributed by atoms with Crippen molar-refractivity contribution in [3.8, 4) is 10.6 Å². The Morgan fingerprint density at radius 1 is 1.18 bits per heavy atom. The first-order valence-corrected chi connectivity index (χ1v) is 11.6. The lowest BCUT2D eigenvalue weighted by atomic mass is 10.1. The second kappa shape index (κ2) is 8.83. The number of thiazole rings is 1. The second-order valence-electron chi connectivity index (χ2n) is 7.47. The normalized spacial score (nSPS) is 11.9. The Morgan fingerprint density at radius 2 is 1.94 bits per heavy atom. The molecule has 10 heteroatoms. The van der Waals surface area contributed by atoms with Crippen LogP contribution in [0.1, 0.15) is 21.7 Å². The minimum Gasteiger partial charge on any atom is -0.480 e. The summed E-state index contributed by atoms with van der Waals surface area (Å²) in [6.07, 6.45) is -2.99. The molecule has 172 valence electrons. The van der Waals surface area contributed by atoms with Gasteiger partial charge in [-0.25, -0.2) is 9.37 Å². The van der Waals surface area contributed by atoms with E-state index in [0.29, 0.717) is 16.3 Å². The number of hydrogen-bond donors (Lipinski definition) is 1. The lowest BCUT2D eigenvalue weighted by molar-refractivity contribution is -0.140. The molecule has 0 fully saturated rings. The van der Waals surface area contributed by atoms with Gasteiger partial charge >= 0.3 is 12.1 Å². The van der Waals surface area contributed by atoms with Crippen LogP contribution >= 0.6 is 23.1 Å². The summed E-state index contributed by atoms with van der Waals surface area (Å²) >= 11 is 2.92. The molecule has 4 nitrogen and oxygen atoms in total. The summed E-state index contributed by atoms with van der Waals surface area (Å²) in [6, 6.07) is 8.59. The summed E-state index contributed by atoms with van der Waals surface area (Å²) in [7, 11) is 0. The van der Waals surface area contributed by atoms with Gasteiger partial charge in [0.05, 0.1) is 11.3 Å². The maximum Gasteiger partial charge on any atom is 0.419 e. The number of nitrogens with zero attached hydrogens (tertiary/aromatic N) is 2. The number of benzene rings is 2. The van der Waals surface area contributed by atoms with E-state index in [2.05, 4.69) is 4.98 Å². The van der Waals surface area contributed by atoms with Crippen molar-refractivity contribution >= 4 is 40.0 Å². The minimum absolute atomic E-state index is 0.108. The maximum absolute atomic E-state index is 14.0. The van der Waals surface area contributed by atoms with E-state index in [1.165, 1.54) is 17.4 Å². The highest BCUT2D eigenvalue weighted by molar-refractivity contribution is 7.98. The topological polar surface area (TPSA) is 55.1 Å². The number of halogens is 4. The maximum atomic E-state index is 14.0. The molecule has 0 aliphatic heterocycles. The van der Waals surface area contributed by atoms with Crippen LogP contribution in [0, 0.1) is 19.7 Å². The first-order chi connectivity index (χ1) is 15.5. The summed E-state index contributed by atoms with van der Waals surface area (Å²) in [5, 5.41) is 10.5. The number of thioether (sulfide) groups is 1. The van der Waals surface area contributed by atoms with Crippen LogP contribution in [-0.4, -0.2) is 20.6 Å². The van der Waals surface area contributed by atoms with Gasteiger partial charge in [0, 0.05) is 38.2 Å². The average Bonchev–Trinajstić information content (AvgIpc) is 3.30. The second-order valence-corrected chi connectivity index (χ2v) is 9.57. The molecule has 0 spiro atoms. The van der Waals surface area contributed by atoms with Crippen molar-refractivity contribution in [2.24, 2.45) is 0 Å². The molecule has 4 rings (SSSR count). The van der Waals surface area contributed by atoms with Gasteiger partial charge in [-0.1, -0.05) is 6.07 Å². The molecule has 0 bridgehead atoms. The molecule has 2 aromatic heterocycles. The number of carboxylic acid groups (broad SMARTS) is 1. The molecule has 0 unspecified atom stereocenters. The molecular formula is C23H18F4N2O2S2. The molecule has 0 amide bonds. The SMILES string of the molecule is Cc1nc(-c2ccc(C(F)(F)F)c(F)c2)sc1CSc1ccc2c(ccn2CC(=O)O)c1C. The zero-order valence-corrected chi connectivity index (χ0v) is 19.2. The van der Waals surface area contributed by atoms with E-state index in [-0.39, 0.29) is 6.54 Å². The molecule has 0 saturated heterocycles. The molecule has 0 aliphatic carbocycles. The molecule has 0 saturated carbocycles. The van der Waals surface area contributed by atoms with Crippen molar-refractivity contribution in [1.82, 2.24) is 9.55 Å². The van der Waals surface area contributed by atoms with Crippen molar-refractivity contribution in [3.63, 3.8) is 0 Å². The summed E-state index contributed by atoms with van der Waals surface area (Å²) in [4.78, 5) is 17.4. The highest BCUT2D eigenvalue weighted by Crippen LogP contribution is 2.37. The van der Waals surface area contributed by atoms with Crippen molar-refractivity contribution in [1.29, 1.82) is 0 Å². The third kappa shape index (κ3) is 4.77. The Balaban J connectivity index is 1.54. The quantitative estimate of drug-likeness (QED) is 0.234.